The van der Waals surface area contributed by atoms with Crippen LogP contribution >= 0.6 is 0 Å². The summed E-state index contributed by atoms with van der Waals surface area (Å²) in [6.45, 7) is 0. The first-order valence-electron chi connectivity index (χ1n) is 7.62. The number of hydrogen-bond acceptors (Lipinski definition) is 5. The maximum absolute atomic E-state index is 12.4. The summed E-state index contributed by atoms with van der Waals surface area (Å²) < 4.78 is 21.3. The molecule has 2 aromatic rings. The van der Waals surface area contributed by atoms with Crippen LogP contribution in [0.25, 0.3) is 11.6 Å². The van der Waals surface area contributed by atoms with E-state index in [4.69, 9.17) is 18.9 Å². The lowest BCUT2D eigenvalue weighted by atomic mass is 10.0. The molecule has 0 spiro atoms. The number of amides is 1. The first-order valence-corrected chi connectivity index (χ1v) is 7.62. The minimum Gasteiger partial charge on any atom is -0.497 e. The van der Waals surface area contributed by atoms with Crippen LogP contribution in [-0.4, -0.2) is 34.3 Å². The molecule has 0 saturated heterocycles. The van der Waals surface area contributed by atoms with Gasteiger partial charge in [-0.1, -0.05) is 0 Å². The van der Waals surface area contributed by atoms with E-state index in [2.05, 4.69) is 5.32 Å². The molecule has 1 aliphatic rings. The molecule has 0 aromatic heterocycles. The van der Waals surface area contributed by atoms with Crippen LogP contribution < -0.4 is 24.3 Å². The quantitative estimate of drug-likeness (QED) is 0.846. The summed E-state index contributed by atoms with van der Waals surface area (Å²) in [7, 11) is 6.27. The first-order chi connectivity index (χ1) is 12.1. The third-order valence-electron chi connectivity index (χ3n) is 4.05. The Balaban J connectivity index is 2.14. The fourth-order valence-corrected chi connectivity index (χ4v) is 2.76. The van der Waals surface area contributed by atoms with E-state index in [0.29, 0.717) is 34.1 Å². The summed E-state index contributed by atoms with van der Waals surface area (Å²) in [5.41, 5.74) is 2.76. The van der Waals surface area contributed by atoms with Crippen LogP contribution in [0.4, 0.5) is 5.69 Å². The molecule has 0 atom stereocenters. The summed E-state index contributed by atoms with van der Waals surface area (Å²) in [4.78, 5) is 12.4. The van der Waals surface area contributed by atoms with Crippen molar-refractivity contribution in [3.8, 4) is 23.0 Å². The fraction of sp³-hybridized carbons (Fsp3) is 0.211. The van der Waals surface area contributed by atoms with Crippen molar-refractivity contribution in [2.45, 2.75) is 0 Å². The normalized spacial score (nSPS) is 14.1. The van der Waals surface area contributed by atoms with Gasteiger partial charge in [-0.05, 0) is 30.3 Å². The summed E-state index contributed by atoms with van der Waals surface area (Å²) in [6, 6.07) is 8.95. The molecular formula is C19H19NO5. The van der Waals surface area contributed by atoms with Crippen LogP contribution in [0.1, 0.15) is 11.1 Å². The van der Waals surface area contributed by atoms with Crippen molar-refractivity contribution in [2.75, 3.05) is 33.8 Å². The summed E-state index contributed by atoms with van der Waals surface area (Å²) in [5, 5.41) is 2.85. The molecular weight excluding hydrogens is 322 g/mol. The first kappa shape index (κ1) is 16.7. The SMILES string of the molecule is COc1ccc2c(c1)/C(=C\c1cc(OC)c(OC)cc1OC)C(=O)N2. The Morgan fingerprint density at radius 2 is 1.52 bits per heavy atom. The predicted octanol–water partition coefficient (Wildman–Crippen LogP) is 3.21. The lowest BCUT2D eigenvalue weighted by Gasteiger charge is -2.12. The van der Waals surface area contributed by atoms with Crippen molar-refractivity contribution in [2.24, 2.45) is 0 Å². The van der Waals surface area contributed by atoms with Gasteiger partial charge in [0, 0.05) is 28.5 Å². The highest BCUT2D eigenvalue weighted by Crippen LogP contribution is 2.39. The average molecular weight is 341 g/mol. The van der Waals surface area contributed by atoms with E-state index in [-0.39, 0.29) is 5.91 Å². The topological polar surface area (TPSA) is 66.0 Å². The number of carbonyl (C=O) groups is 1. The molecule has 1 heterocycles. The number of benzene rings is 2. The monoisotopic (exact) mass is 341 g/mol. The van der Waals surface area contributed by atoms with Gasteiger partial charge in [-0.2, -0.15) is 0 Å². The number of ether oxygens (including phenoxy) is 4. The fourth-order valence-electron chi connectivity index (χ4n) is 2.76. The van der Waals surface area contributed by atoms with Gasteiger partial charge < -0.3 is 24.3 Å². The lowest BCUT2D eigenvalue weighted by molar-refractivity contribution is -0.110. The molecule has 0 radical (unpaired) electrons. The summed E-state index contributed by atoms with van der Waals surface area (Å²) in [5.74, 6) is 2.19. The van der Waals surface area contributed by atoms with Gasteiger partial charge in [0.1, 0.15) is 11.5 Å². The number of hydrogen-bond donors (Lipinski definition) is 1. The Morgan fingerprint density at radius 1 is 0.840 bits per heavy atom. The second-order valence-corrected chi connectivity index (χ2v) is 5.37. The molecule has 3 rings (SSSR count). The van der Waals surface area contributed by atoms with Gasteiger partial charge >= 0.3 is 0 Å². The Bertz CT molecular complexity index is 857. The highest BCUT2D eigenvalue weighted by Gasteiger charge is 2.25. The highest BCUT2D eigenvalue weighted by atomic mass is 16.5. The Kier molecular flexibility index (Phi) is 4.52. The van der Waals surface area contributed by atoms with Crippen molar-refractivity contribution in [3.63, 3.8) is 0 Å². The zero-order valence-corrected chi connectivity index (χ0v) is 14.5. The van der Waals surface area contributed by atoms with Crippen molar-refractivity contribution < 1.29 is 23.7 Å². The molecule has 1 N–H and O–H groups in total. The van der Waals surface area contributed by atoms with Crippen LogP contribution in [0.5, 0.6) is 23.0 Å². The van der Waals surface area contributed by atoms with Gasteiger partial charge in [-0.3, -0.25) is 4.79 Å². The number of methoxy groups -OCH3 is 4. The van der Waals surface area contributed by atoms with Crippen molar-refractivity contribution in [3.05, 3.63) is 41.5 Å². The minimum absolute atomic E-state index is 0.180. The molecule has 6 nitrogen and oxygen atoms in total. The Morgan fingerprint density at radius 3 is 2.16 bits per heavy atom. The Labute approximate surface area is 146 Å². The van der Waals surface area contributed by atoms with Crippen LogP contribution in [-0.2, 0) is 4.79 Å². The van der Waals surface area contributed by atoms with Crippen molar-refractivity contribution in [1.29, 1.82) is 0 Å². The van der Waals surface area contributed by atoms with Gasteiger partial charge in [0.05, 0.1) is 28.4 Å². The lowest BCUT2D eigenvalue weighted by Crippen LogP contribution is -2.03. The maximum atomic E-state index is 12.4. The molecule has 1 aliphatic heterocycles. The van der Waals surface area contributed by atoms with Crippen LogP contribution in [0.3, 0.4) is 0 Å². The molecule has 0 aliphatic carbocycles. The summed E-state index contributed by atoms with van der Waals surface area (Å²) in [6.07, 6.45) is 1.77. The van der Waals surface area contributed by atoms with Gasteiger partial charge in [-0.25, -0.2) is 0 Å². The number of nitrogens with one attached hydrogen (secondary N) is 1. The predicted molar refractivity (Wildman–Crippen MR) is 95.6 cm³/mol. The number of anilines is 1. The van der Waals surface area contributed by atoms with E-state index < -0.39 is 0 Å². The molecule has 2 aromatic carbocycles. The van der Waals surface area contributed by atoms with E-state index in [1.807, 2.05) is 12.1 Å². The molecule has 130 valence electrons. The molecule has 0 bridgehead atoms. The van der Waals surface area contributed by atoms with Gasteiger partial charge in [0.25, 0.3) is 5.91 Å². The van der Waals surface area contributed by atoms with Crippen LogP contribution in [0.2, 0.25) is 0 Å². The van der Waals surface area contributed by atoms with Gasteiger partial charge in [-0.15, -0.1) is 0 Å². The third-order valence-corrected chi connectivity index (χ3v) is 4.05. The van der Waals surface area contributed by atoms with Crippen molar-refractivity contribution >= 4 is 23.2 Å². The van der Waals surface area contributed by atoms with Crippen LogP contribution in [0.15, 0.2) is 30.3 Å². The van der Waals surface area contributed by atoms with E-state index >= 15 is 0 Å². The van der Waals surface area contributed by atoms with E-state index in [9.17, 15) is 4.79 Å². The van der Waals surface area contributed by atoms with Gasteiger partial charge in [0.15, 0.2) is 11.5 Å². The average Bonchev–Trinajstić information content (AvgIpc) is 2.95. The van der Waals surface area contributed by atoms with E-state index in [1.54, 1.807) is 52.7 Å². The highest BCUT2D eigenvalue weighted by molar-refractivity contribution is 6.35. The maximum Gasteiger partial charge on any atom is 0.256 e. The largest absolute Gasteiger partial charge is 0.497 e. The number of carbonyl (C=O) groups excluding carboxylic acids is 1. The standard InChI is InChI=1S/C19H19NO5/c1-22-12-5-6-15-13(9-12)14(19(21)20-15)7-11-8-17(24-3)18(25-4)10-16(11)23-2/h5-10H,1-4H3,(H,20,21)/b14-7+. The van der Waals surface area contributed by atoms with Gasteiger partial charge in [0.2, 0.25) is 0 Å². The second-order valence-electron chi connectivity index (χ2n) is 5.37. The summed E-state index contributed by atoms with van der Waals surface area (Å²) >= 11 is 0. The third kappa shape index (κ3) is 2.98. The van der Waals surface area contributed by atoms with E-state index in [0.717, 1.165) is 11.3 Å². The molecule has 0 saturated carbocycles. The van der Waals surface area contributed by atoms with Crippen LogP contribution in [0, 0.1) is 0 Å². The number of fused-ring (bicyclic) bond motifs is 1. The molecule has 6 heteroatoms. The van der Waals surface area contributed by atoms with E-state index in [1.165, 1.54) is 0 Å². The van der Waals surface area contributed by atoms with Crippen molar-refractivity contribution in [1.82, 2.24) is 0 Å². The minimum atomic E-state index is -0.180. The molecule has 0 unspecified atom stereocenters. The molecule has 0 fully saturated rings. The zero-order chi connectivity index (χ0) is 18.0. The zero-order valence-electron chi connectivity index (χ0n) is 14.5. The molecule has 25 heavy (non-hydrogen) atoms. The number of rotatable bonds is 5. The Hall–Kier alpha value is -3.15. The molecule has 1 amide bonds. The second kappa shape index (κ2) is 6.76. The smallest absolute Gasteiger partial charge is 0.256 e.